The molecule has 4 atom stereocenters. The van der Waals surface area contributed by atoms with Gasteiger partial charge in [-0.05, 0) is 56.5 Å². The van der Waals surface area contributed by atoms with E-state index in [1.54, 1.807) is 6.07 Å². The van der Waals surface area contributed by atoms with Crippen molar-refractivity contribution in [1.82, 2.24) is 4.90 Å². The number of para-hydroxylation sites is 1. The summed E-state index contributed by atoms with van der Waals surface area (Å²) in [5.41, 5.74) is 2.28. The third kappa shape index (κ3) is 2.53. The molecule has 2 amide bonds. The summed E-state index contributed by atoms with van der Waals surface area (Å²) in [5, 5.41) is 6.72. The molecule has 0 aromatic heterocycles. The Morgan fingerprint density at radius 1 is 0.946 bits per heavy atom. The maximum atomic E-state index is 14.5. The number of benzene rings is 3. The third-order valence-corrected chi connectivity index (χ3v) is 9.49. The molecule has 37 heavy (non-hydrogen) atoms. The summed E-state index contributed by atoms with van der Waals surface area (Å²) in [7, 11) is 0. The zero-order chi connectivity index (χ0) is 25.7. The third-order valence-electron chi connectivity index (χ3n) is 9.08. The van der Waals surface area contributed by atoms with Crippen LogP contribution in [0.4, 0.5) is 11.4 Å². The maximum absolute atomic E-state index is 14.5. The molecule has 3 aromatic rings. The molecule has 0 bridgehead atoms. The highest BCUT2D eigenvalue weighted by molar-refractivity contribution is 6.32. The lowest BCUT2D eigenvalue weighted by Crippen LogP contribution is -2.62. The molecule has 2 spiro atoms. The molecule has 2 fully saturated rings. The number of rotatable bonds is 2. The van der Waals surface area contributed by atoms with E-state index in [4.69, 9.17) is 11.6 Å². The summed E-state index contributed by atoms with van der Waals surface area (Å²) < 4.78 is 0. The number of amides is 2. The Morgan fingerprint density at radius 2 is 1.70 bits per heavy atom. The van der Waals surface area contributed by atoms with Crippen LogP contribution in [-0.4, -0.2) is 35.1 Å². The number of ketones is 1. The van der Waals surface area contributed by atoms with Crippen LogP contribution >= 0.6 is 11.6 Å². The van der Waals surface area contributed by atoms with Crippen molar-refractivity contribution in [3.05, 3.63) is 93.5 Å². The van der Waals surface area contributed by atoms with Crippen molar-refractivity contribution in [2.45, 2.75) is 43.7 Å². The topological polar surface area (TPSA) is 78.5 Å². The average Bonchev–Trinajstić information content (AvgIpc) is 3.61. The molecule has 4 unspecified atom stereocenters. The van der Waals surface area contributed by atoms with Gasteiger partial charge in [0.2, 0.25) is 5.91 Å². The smallest absolute Gasteiger partial charge is 0.251 e. The van der Waals surface area contributed by atoms with Crippen molar-refractivity contribution in [3.8, 4) is 0 Å². The first-order valence-electron chi connectivity index (χ1n) is 12.7. The minimum absolute atomic E-state index is 0.104. The van der Waals surface area contributed by atoms with E-state index in [0.29, 0.717) is 34.1 Å². The van der Waals surface area contributed by atoms with Crippen molar-refractivity contribution < 1.29 is 14.4 Å². The van der Waals surface area contributed by atoms with Crippen LogP contribution in [0.5, 0.6) is 0 Å². The van der Waals surface area contributed by atoms with E-state index in [-0.39, 0.29) is 23.6 Å². The number of anilines is 2. The Labute approximate surface area is 220 Å². The zero-order valence-corrected chi connectivity index (χ0v) is 21.4. The highest BCUT2D eigenvalue weighted by Gasteiger charge is 2.81. The second-order valence-corrected chi connectivity index (χ2v) is 11.1. The van der Waals surface area contributed by atoms with E-state index >= 15 is 0 Å². The molecule has 3 aromatic carbocycles. The second-order valence-electron chi connectivity index (χ2n) is 10.7. The molecule has 4 aliphatic heterocycles. The van der Waals surface area contributed by atoms with Crippen LogP contribution in [0.2, 0.25) is 5.02 Å². The summed E-state index contributed by atoms with van der Waals surface area (Å²) in [6.45, 7) is 4.47. The molecule has 7 heteroatoms. The Balaban J connectivity index is 1.59. The number of hydrogen-bond donors (Lipinski definition) is 2. The van der Waals surface area contributed by atoms with E-state index in [1.807, 2.05) is 68.4 Å². The fourth-order valence-electron chi connectivity index (χ4n) is 7.66. The van der Waals surface area contributed by atoms with E-state index in [2.05, 4.69) is 15.5 Å². The minimum Gasteiger partial charge on any atom is -0.325 e. The summed E-state index contributed by atoms with van der Waals surface area (Å²) >= 11 is 6.48. The fourth-order valence-corrected chi connectivity index (χ4v) is 7.82. The predicted molar refractivity (Wildman–Crippen MR) is 142 cm³/mol. The number of hydrogen-bond acceptors (Lipinski definition) is 4. The average molecular weight is 512 g/mol. The van der Waals surface area contributed by atoms with Crippen molar-refractivity contribution in [3.63, 3.8) is 0 Å². The first-order chi connectivity index (χ1) is 17.8. The first kappa shape index (κ1) is 22.7. The lowest BCUT2D eigenvalue weighted by atomic mass is 9.57. The molecule has 4 aliphatic rings. The Kier molecular flexibility index (Phi) is 4.62. The monoisotopic (exact) mass is 511 g/mol. The summed E-state index contributed by atoms with van der Waals surface area (Å²) in [6, 6.07) is 18.4. The molecule has 7 rings (SSSR count). The molecule has 0 aliphatic carbocycles. The van der Waals surface area contributed by atoms with Crippen LogP contribution in [-0.2, 0) is 20.5 Å². The molecular weight excluding hydrogens is 486 g/mol. The van der Waals surface area contributed by atoms with Crippen molar-refractivity contribution >= 4 is 40.6 Å². The fraction of sp³-hybridized carbons (Fsp3) is 0.300. The van der Waals surface area contributed by atoms with Gasteiger partial charge in [0, 0.05) is 27.9 Å². The minimum atomic E-state index is -1.44. The number of nitrogens with zero attached hydrogens (tertiary/aromatic N) is 1. The highest BCUT2D eigenvalue weighted by atomic mass is 35.5. The van der Waals surface area contributed by atoms with Gasteiger partial charge in [0.1, 0.15) is 11.0 Å². The predicted octanol–water partition coefficient (Wildman–Crippen LogP) is 4.97. The van der Waals surface area contributed by atoms with Gasteiger partial charge in [0.15, 0.2) is 5.78 Å². The normalized spacial score (nSPS) is 29.4. The molecule has 2 N–H and O–H groups in total. The number of fused-ring (bicyclic) bond motifs is 7. The summed E-state index contributed by atoms with van der Waals surface area (Å²) in [4.78, 5) is 45.6. The Hall–Kier alpha value is -3.48. The lowest BCUT2D eigenvalue weighted by Gasteiger charge is -2.43. The first-order valence-corrected chi connectivity index (χ1v) is 13.1. The van der Waals surface area contributed by atoms with Crippen LogP contribution in [0.15, 0.2) is 60.7 Å². The van der Waals surface area contributed by atoms with Gasteiger partial charge < -0.3 is 10.6 Å². The van der Waals surface area contributed by atoms with Crippen LogP contribution in [0.1, 0.15) is 45.5 Å². The van der Waals surface area contributed by atoms with Gasteiger partial charge in [-0.1, -0.05) is 65.7 Å². The number of carbonyl (C=O) groups is 3. The highest BCUT2D eigenvalue weighted by Crippen LogP contribution is 2.68. The van der Waals surface area contributed by atoms with E-state index in [1.165, 1.54) is 0 Å². The van der Waals surface area contributed by atoms with Crippen LogP contribution in [0.3, 0.4) is 0 Å². The second kappa shape index (κ2) is 7.53. The van der Waals surface area contributed by atoms with Crippen molar-refractivity contribution in [2.24, 2.45) is 5.92 Å². The molecule has 0 saturated carbocycles. The molecule has 0 radical (unpaired) electrons. The van der Waals surface area contributed by atoms with Crippen molar-refractivity contribution in [2.75, 3.05) is 17.2 Å². The quantitative estimate of drug-likeness (QED) is 0.476. The van der Waals surface area contributed by atoms with Crippen LogP contribution < -0.4 is 10.6 Å². The van der Waals surface area contributed by atoms with Crippen LogP contribution in [0.25, 0.3) is 0 Å². The number of carbonyl (C=O) groups excluding carboxylic acids is 3. The largest absolute Gasteiger partial charge is 0.325 e. The Bertz CT molecular complexity index is 1530. The van der Waals surface area contributed by atoms with Gasteiger partial charge in [-0.15, -0.1) is 0 Å². The lowest BCUT2D eigenvalue weighted by molar-refractivity contribution is -0.137. The van der Waals surface area contributed by atoms with E-state index in [0.717, 1.165) is 29.5 Å². The van der Waals surface area contributed by atoms with Gasteiger partial charge in [0.05, 0.1) is 11.6 Å². The van der Waals surface area contributed by atoms with Gasteiger partial charge in [-0.2, -0.15) is 0 Å². The molecule has 6 nitrogen and oxygen atoms in total. The van der Waals surface area contributed by atoms with Crippen LogP contribution in [0, 0.1) is 19.8 Å². The zero-order valence-electron chi connectivity index (χ0n) is 20.6. The number of Topliss-reactive ketones (excluding diaryl/α,β-unsaturated/α-hetero) is 1. The number of nitrogens with one attached hydrogen (secondary N) is 2. The molecular formula is C30H26ClN3O3. The summed E-state index contributed by atoms with van der Waals surface area (Å²) in [5.74, 6) is -1.42. The standard InChI is InChI=1S/C30H26ClN3O3/c1-16-9-11-18(12-10-16)26(35)24-23-8-5-15-34(23)30(20-13-14-21(31)17(2)25(20)33-28(30)37)29(24)19-6-3-4-7-22(19)32-27(29)36/h3-4,6-7,9-14,23-24H,5,8,15H2,1-2H3,(H,32,36)(H,33,37). The number of aryl methyl sites for hydroxylation is 1. The van der Waals surface area contributed by atoms with E-state index in [9.17, 15) is 14.4 Å². The molecule has 4 heterocycles. The maximum Gasteiger partial charge on any atom is 0.251 e. The number of halogens is 1. The Morgan fingerprint density at radius 3 is 2.49 bits per heavy atom. The van der Waals surface area contributed by atoms with E-state index < -0.39 is 16.9 Å². The SMILES string of the molecule is Cc1ccc(C(=O)C2C3CCCN3C3(C(=O)Nc4c3ccc(Cl)c4C)C23C(=O)Nc2ccccc23)cc1. The van der Waals surface area contributed by atoms with Gasteiger partial charge in [0.25, 0.3) is 5.91 Å². The molecule has 186 valence electrons. The van der Waals surface area contributed by atoms with Gasteiger partial charge >= 0.3 is 0 Å². The van der Waals surface area contributed by atoms with Gasteiger partial charge in [-0.3, -0.25) is 19.3 Å². The molecule has 2 saturated heterocycles. The summed E-state index contributed by atoms with van der Waals surface area (Å²) in [6.07, 6.45) is 1.58. The van der Waals surface area contributed by atoms with Crippen molar-refractivity contribution in [1.29, 1.82) is 0 Å². The van der Waals surface area contributed by atoms with Gasteiger partial charge in [-0.25, -0.2) is 0 Å².